The first kappa shape index (κ1) is 21.0. The molecule has 0 aromatic heterocycles. The van der Waals surface area contributed by atoms with E-state index in [1.54, 1.807) is 61.5 Å². The molecule has 0 heterocycles. The predicted octanol–water partition coefficient (Wildman–Crippen LogP) is 5.05. The number of benzene rings is 3. The SMILES string of the molecule is COc1ccc(F)c(-c2ccc(OC(=O)c3cccc(CCC(=O)O)c3)c(C)c2)c1. The molecular formula is C24H21FO5. The number of hydrogen-bond donors (Lipinski definition) is 1. The van der Waals surface area contributed by atoms with Crippen LogP contribution in [0.25, 0.3) is 11.1 Å². The molecular weight excluding hydrogens is 387 g/mol. The Balaban J connectivity index is 1.79. The van der Waals surface area contributed by atoms with Crippen molar-refractivity contribution in [2.24, 2.45) is 0 Å². The summed E-state index contributed by atoms with van der Waals surface area (Å²) in [5.41, 5.74) is 2.78. The molecule has 3 aromatic carbocycles. The summed E-state index contributed by atoms with van der Waals surface area (Å²) in [7, 11) is 1.52. The molecule has 0 saturated carbocycles. The van der Waals surface area contributed by atoms with E-state index in [0.29, 0.717) is 40.2 Å². The Labute approximate surface area is 173 Å². The van der Waals surface area contributed by atoms with Crippen LogP contribution in [-0.4, -0.2) is 24.2 Å². The molecule has 30 heavy (non-hydrogen) atoms. The minimum absolute atomic E-state index is 0.0140. The number of hydrogen-bond acceptors (Lipinski definition) is 4. The zero-order valence-electron chi connectivity index (χ0n) is 16.6. The molecule has 0 bridgehead atoms. The fourth-order valence-electron chi connectivity index (χ4n) is 3.05. The number of carbonyl (C=O) groups is 2. The molecule has 1 N–H and O–H groups in total. The third kappa shape index (κ3) is 5.03. The van der Waals surface area contributed by atoms with Crippen LogP contribution in [-0.2, 0) is 11.2 Å². The van der Waals surface area contributed by atoms with E-state index in [1.807, 2.05) is 0 Å². The number of halogens is 1. The van der Waals surface area contributed by atoms with Gasteiger partial charge in [-0.25, -0.2) is 9.18 Å². The van der Waals surface area contributed by atoms with Gasteiger partial charge in [-0.15, -0.1) is 0 Å². The summed E-state index contributed by atoms with van der Waals surface area (Å²) in [5, 5.41) is 8.81. The number of esters is 1. The average molecular weight is 408 g/mol. The Morgan fingerprint density at radius 3 is 2.53 bits per heavy atom. The van der Waals surface area contributed by atoms with Gasteiger partial charge in [0.15, 0.2) is 0 Å². The van der Waals surface area contributed by atoms with Crippen LogP contribution in [0.3, 0.4) is 0 Å². The van der Waals surface area contributed by atoms with Gasteiger partial charge < -0.3 is 14.6 Å². The average Bonchev–Trinajstić information content (AvgIpc) is 2.74. The van der Waals surface area contributed by atoms with Crippen LogP contribution in [0.15, 0.2) is 60.7 Å². The lowest BCUT2D eigenvalue weighted by molar-refractivity contribution is -0.136. The van der Waals surface area contributed by atoms with Crippen molar-refractivity contribution in [3.63, 3.8) is 0 Å². The third-order valence-electron chi connectivity index (χ3n) is 4.65. The van der Waals surface area contributed by atoms with Crippen LogP contribution < -0.4 is 9.47 Å². The fraction of sp³-hybridized carbons (Fsp3) is 0.167. The Bertz CT molecular complexity index is 1090. The van der Waals surface area contributed by atoms with Gasteiger partial charge in [0.05, 0.1) is 12.7 Å². The molecule has 3 aromatic rings. The highest BCUT2D eigenvalue weighted by Gasteiger charge is 2.14. The summed E-state index contributed by atoms with van der Waals surface area (Å²) >= 11 is 0. The highest BCUT2D eigenvalue weighted by molar-refractivity contribution is 5.91. The Morgan fingerprint density at radius 2 is 1.83 bits per heavy atom. The summed E-state index contributed by atoms with van der Waals surface area (Å²) in [6, 6.07) is 16.2. The quantitative estimate of drug-likeness (QED) is 0.438. The molecule has 0 radical (unpaired) electrons. The van der Waals surface area contributed by atoms with E-state index in [4.69, 9.17) is 14.6 Å². The van der Waals surface area contributed by atoms with Crippen molar-refractivity contribution in [2.45, 2.75) is 19.8 Å². The Kier molecular flexibility index (Phi) is 6.47. The Hall–Kier alpha value is -3.67. The zero-order chi connectivity index (χ0) is 21.7. The summed E-state index contributed by atoms with van der Waals surface area (Å²) in [6.45, 7) is 1.77. The van der Waals surface area contributed by atoms with Crippen LogP contribution in [0, 0.1) is 12.7 Å². The van der Waals surface area contributed by atoms with E-state index in [9.17, 15) is 14.0 Å². The van der Waals surface area contributed by atoms with E-state index in [1.165, 1.54) is 13.2 Å². The van der Waals surface area contributed by atoms with Gasteiger partial charge in [-0.05, 0) is 72.5 Å². The summed E-state index contributed by atoms with van der Waals surface area (Å²) in [6.07, 6.45) is 0.316. The number of carboxylic acid groups (broad SMARTS) is 1. The van der Waals surface area contributed by atoms with Gasteiger partial charge in [0.2, 0.25) is 0 Å². The van der Waals surface area contributed by atoms with Gasteiger partial charge in [-0.2, -0.15) is 0 Å². The predicted molar refractivity (Wildman–Crippen MR) is 110 cm³/mol. The third-order valence-corrected chi connectivity index (χ3v) is 4.65. The molecule has 0 saturated heterocycles. The van der Waals surface area contributed by atoms with Crippen molar-refractivity contribution >= 4 is 11.9 Å². The van der Waals surface area contributed by atoms with Crippen molar-refractivity contribution in [1.82, 2.24) is 0 Å². The van der Waals surface area contributed by atoms with Crippen LogP contribution in [0.1, 0.15) is 27.9 Å². The number of aryl methyl sites for hydroxylation is 2. The fourth-order valence-corrected chi connectivity index (χ4v) is 3.05. The first-order valence-electron chi connectivity index (χ1n) is 9.35. The normalized spacial score (nSPS) is 10.5. The van der Waals surface area contributed by atoms with Crippen LogP contribution in [0.2, 0.25) is 0 Å². The first-order chi connectivity index (χ1) is 14.4. The van der Waals surface area contributed by atoms with Crippen molar-refractivity contribution in [1.29, 1.82) is 0 Å². The van der Waals surface area contributed by atoms with E-state index < -0.39 is 11.9 Å². The maximum Gasteiger partial charge on any atom is 0.343 e. The van der Waals surface area contributed by atoms with Gasteiger partial charge in [-0.3, -0.25) is 4.79 Å². The second kappa shape index (κ2) is 9.22. The standard InChI is InChI=1S/C24H21FO5/c1-15-12-17(20-14-19(29-2)8-9-21(20)25)7-10-22(15)30-24(28)18-5-3-4-16(13-18)6-11-23(26)27/h3-5,7-10,12-14H,6,11H2,1-2H3,(H,26,27). The molecule has 6 heteroatoms. The van der Waals surface area contributed by atoms with Gasteiger partial charge >= 0.3 is 11.9 Å². The van der Waals surface area contributed by atoms with Crippen LogP contribution in [0.5, 0.6) is 11.5 Å². The van der Waals surface area contributed by atoms with Crippen molar-refractivity contribution < 1.29 is 28.6 Å². The molecule has 3 rings (SSSR count). The highest BCUT2D eigenvalue weighted by atomic mass is 19.1. The number of ether oxygens (including phenoxy) is 2. The lowest BCUT2D eigenvalue weighted by Crippen LogP contribution is -2.10. The smallest absolute Gasteiger partial charge is 0.343 e. The monoisotopic (exact) mass is 408 g/mol. The molecule has 0 fully saturated rings. The molecule has 0 amide bonds. The second-order valence-corrected chi connectivity index (χ2v) is 6.81. The van der Waals surface area contributed by atoms with Crippen molar-refractivity contribution in [3.05, 3.63) is 83.2 Å². The topological polar surface area (TPSA) is 72.8 Å². The van der Waals surface area contributed by atoms with Gasteiger partial charge in [0.1, 0.15) is 17.3 Å². The van der Waals surface area contributed by atoms with E-state index >= 15 is 0 Å². The van der Waals surface area contributed by atoms with Crippen molar-refractivity contribution in [3.8, 4) is 22.6 Å². The van der Waals surface area contributed by atoms with Gasteiger partial charge in [-0.1, -0.05) is 18.2 Å². The second-order valence-electron chi connectivity index (χ2n) is 6.81. The number of rotatable bonds is 7. The maximum absolute atomic E-state index is 14.2. The zero-order valence-corrected chi connectivity index (χ0v) is 16.6. The molecule has 0 spiro atoms. The van der Waals surface area contributed by atoms with Crippen molar-refractivity contribution in [2.75, 3.05) is 7.11 Å². The molecule has 0 unspecified atom stereocenters. The molecule has 0 atom stereocenters. The number of carboxylic acids is 1. The molecule has 0 aliphatic carbocycles. The maximum atomic E-state index is 14.2. The van der Waals surface area contributed by atoms with Crippen LogP contribution in [0.4, 0.5) is 4.39 Å². The van der Waals surface area contributed by atoms with Crippen LogP contribution >= 0.6 is 0 Å². The van der Waals surface area contributed by atoms with Gasteiger partial charge in [0, 0.05) is 12.0 Å². The lowest BCUT2D eigenvalue weighted by Gasteiger charge is -2.11. The minimum Gasteiger partial charge on any atom is -0.497 e. The number of methoxy groups -OCH3 is 1. The summed E-state index contributed by atoms with van der Waals surface area (Å²) < 4.78 is 24.9. The molecule has 0 aliphatic rings. The highest BCUT2D eigenvalue weighted by Crippen LogP contribution is 2.31. The number of carbonyl (C=O) groups excluding carboxylic acids is 1. The molecule has 5 nitrogen and oxygen atoms in total. The van der Waals surface area contributed by atoms with E-state index in [0.717, 1.165) is 5.56 Å². The summed E-state index contributed by atoms with van der Waals surface area (Å²) in [5.74, 6) is -0.912. The minimum atomic E-state index is -0.897. The molecule has 154 valence electrons. The first-order valence-corrected chi connectivity index (χ1v) is 9.35. The Morgan fingerprint density at radius 1 is 1.03 bits per heavy atom. The summed E-state index contributed by atoms with van der Waals surface area (Å²) in [4.78, 5) is 23.3. The van der Waals surface area contributed by atoms with E-state index in [-0.39, 0.29) is 12.2 Å². The molecule has 0 aliphatic heterocycles. The van der Waals surface area contributed by atoms with Gasteiger partial charge in [0.25, 0.3) is 0 Å². The largest absolute Gasteiger partial charge is 0.497 e. The van der Waals surface area contributed by atoms with E-state index in [2.05, 4.69) is 0 Å². The number of aliphatic carboxylic acids is 1. The lowest BCUT2D eigenvalue weighted by atomic mass is 10.0.